The molecule has 144 valence electrons. The molecule has 1 aromatic carbocycles. The number of pyridine rings is 1. The minimum absolute atomic E-state index is 0. The van der Waals surface area contributed by atoms with E-state index in [9.17, 15) is 19.1 Å². The number of halogens is 2. The summed E-state index contributed by atoms with van der Waals surface area (Å²) in [5.74, 6) is -2.78. The molecule has 0 radical (unpaired) electrons. The first-order chi connectivity index (χ1) is 13.3. The number of aryl methyl sites for hydroxylation is 1. The number of ether oxygens (including phenoxy) is 1. The Hall–Kier alpha value is -2.51. The molecule has 0 saturated heterocycles. The van der Waals surface area contributed by atoms with Gasteiger partial charge in [-0.3, -0.25) is 15.1 Å². The van der Waals surface area contributed by atoms with Gasteiger partial charge in [0.15, 0.2) is 10.8 Å². The normalized spacial score (nSPS) is 10.2. The van der Waals surface area contributed by atoms with Gasteiger partial charge in [-0.1, -0.05) is 22.9 Å². The predicted octanol–water partition coefficient (Wildman–Crippen LogP) is -0.671. The third kappa shape index (κ3) is 4.74. The summed E-state index contributed by atoms with van der Waals surface area (Å²) in [6.45, 7) is 1.68. The van der Waals surface area contributed by atoms with Crippen LogP contribution in [0.2, 0.25) is 5.02 Å². The second kappa shape index (κ2) is 9.32. The van der Waals surface area contributed by atoms with E-state index in [2.05, 4.69) is 20.5 Å². The number of carboxylic acid groups (broad SMARTS) is 1. The largest absolute Gasteiger partial charge is 1.00 e. The van der Waals surface area contributed by atoms with Crippen LogP contribution < -0.4 is 34.0 Å². The zero-order valence-electron chi connectivity index (χ0n) is 15.4. The molecule has 0 saturated carbocycles. The topological polar surface area (TPSA) is 117 Å². The van der Waals surface area contributed by atoms with Crippen LogP contribution in [-0.2, 0) is 0 Å². The Morgan fingerprint density at radius 1 is 1.31 bits per heavy atom. The number of amides is 1. The minimum Gasteiger partial charge on any atom is -0.542 e. The van der Waals surface area contributed by atoms with Crippen molar-refractivity contribution in [2.24, 2.45) is 0 Å². The third-order valence-electron chi connectivity index (χ3n) is 3.65. The molecule has 0 atom stereocenters. The monoisotopic (exact) mass is 428 g/mol. The van der Waals surface area contributed by atoms with Crippen molar-refractivity contribution in [3.05, 3.63) is 51.5 Å². The quantitative estimate of drug-likeness (QED) is 0.535. The molecule has 1 N–H and O–H groups in total. The van der Waals surface area contributed by atoms with E-state index in [0.717, 1.165) is 0 Å². The number of aromatic carboxylic acids is 1. The van der Waals surface area contributed by atoms with Crippen molar-refractivity contribution in [3.63, 3.8) is 0 Å². The van der Waals surface area contributed by atoms with Gasteiger partial charge in [-0.25, -0.2) is 4.39 Å². The number of aromatic nitrogens is 3. The van der Waals surface area contributed by atoms with Gasteiger partial charge < -0.3 is 14.6 Å². The number of carbonyl (C=O) groups excluding carboxylic acids is 2. The van der Waals surface area contributed by atoms with E-state index >= 15 is 0 Å². The third-order valence-corrected chi connectivity index (χ3v) is 4.76. The summed E-state index contributed by atoms with van der Waals surface area (Å²) in [6, 6.07) is 4.34. The van der Waals surface area contributed by atoms with E-state index in [0.29, 0.717) is 17.0 Å². The first-order valence-electron chi connectivity index (χ1n) is 7.67. The van der Waals surface area contributed by atoms with Crippen molar-refractivity contribution in [2.45, 2.75) is 6.92 Å². The molecule has 0 bridgehead atoms. The maximum atomic E-state index is 14.8. The number of nitrogens with one attached hydrogen (secondary N) is 1. The van der Waals surface area contributed by atoms with Crippen molar-refractivity contribution >= 4 is 39.9 Å². The molecule has 0 spiro atoms. The molecule has 0 unspecified atom stereocenters. The molecular formula is C17H11ClFLiN4O4S. The summed E-state index contributed by atoms with van der Waals surface area (Å²) in [6.07, 6.45) is 1.26. The number of carbonyl (C=O) groups is 2. The van der Waals surface area contributed by atoms with Crippen LogP contribution in [0.1, 0.15) is 25.9 Å². The van der Waals surface area contributed by atoms with Crippen LogP contribution in [0.25, 0.3) is 11.1 Å². The van der Waals surface area contributed by atoms with Gasteiger partial charge in [-0.05, 0) is 25.1 Å². The molecule has 1 amide bonds. The summed E-state index contributed by atoms with van der Waals surface area (Å²) >= 11 is 6.53. The minimum atomic E-state index is -1.51. The van der Waals surface area contributed by atoms with Crippen LogP contribution in [0, 0.1) is 12.7 Å². The molecule has 2 aromatic heterocycles. The molecule has 0 aliphatic carbocycles. The Balaban J connectivity index is 0.00000300. The fourth-order valence-corrected chi connectivity index (χ4v) is 3.15. The van der Waals surface area contributed by atoms with E-state index in [1.807, 2.05) is 0 Å². The molecule has 0 aliphatic heterocycles. The number of carboxylic acids is 1. The fourth-order valence-electron chi connectivity index (χ4n) is 2.42. The van der Waals surface area contributed by atoms with E-state index < -0.39 is 17.7 Å². The Morgan fingerprint density at radius 3 is 2.66 bits per heavy atom. The SMILES string of the molecule is COc1ccc(Cl)c(F)c1-c1cc(C)ncc1C(=O)Nc1nnc(C(=O)[O-])s1.[Li+]. The van der Waals surface area contributed by atoms with E-state index in [4.69, 9.17) is 16.3 Å². The summed E-state index contributed by atoms with van der Waals surface area (Å²) in [5, 5.41) is 19.6. The molecule has 29 heavy (non-hydrogen) atoms. The Labute approximate surface area is 185 Å². The second-order valence-electron chi connectivity index (χ2n) is 5.46. The standard InChI is InChI=1S/C17H12ClFN4O4S.Li/c1-7-5-8(12-11(27-2)4-3-10(18)13(12)19)9(6-20-7)14(24)21-17-23-22-15(28-17)16(25)26;/h3-6H,1-2H3,(H,25,26)(H,21,23,24);/q;+1/p-1. The summed E-state index contributed by atoms with van der Waals surface area (Å²) in [4.78, 5) is 27.6. The first kappa shape index (κ1) is 22.8. The Morgan fingerprint density at radius 2 is 2.03 bits per heavy atom. The average molecular weight is 429 g/mol. The van der Waals surface area contributed by atoms with Crippen LogP contribution in [0.5, 0.6) is 5.75 Å². The zero-order chi connectivity index (χ0) is 20.4. The van der Waals surface area contributed by atoms with Crippen molar-refractivity contribution in [1.29, 1.82) is 0 Å². The van der Waals surface area contributed by atoms with Crippen LogP contribution in [-0.4, -0.2) is 34.2 Å². The van der Waals surface area contributed by atoms with Crippen molar-refractivity contribution in [2.75, 3.05) is 12.4 Å². The molecule has 2 heterocycles. The number of hydrogen-bond donors (Lipinski definition) is 1. The maximum Gasteiger partial charge on any atom is 1.00 e. The van der Waals surface area contributed by atoms with Gasteiger partial charge in [-0.15, -0.1) is 10.2 Å². The zero-order valence-corrected chi connectivity index (χ0v) is 17.0. The predicted molar refractivity (Wildman–Crippen MR) is 98.1 cm³/mol. The van der Waals surface area contributed by atoms with Gasteiger partial charge in [0.1, 0.15) is 11.7 Å². The van der Waals surface area contributed by atoms with Gasteiger partial charge in [0.2, 0.25) is 5.13 Å². The molecule has 12 heteroatoms. The Bertz CT molecular complexity index is 1100. The number of rotatable bonds is 5. The van der Waals surface area contributed by atoms with Gasteiger partial charge in [0, 0.05) is 17.5 Å². The van der Waals surface area contributed by atoms with Crippen molar-refractivity contribution in [1.82, 2.24) is 15.2 Å². The van der Waals surface area contributed by atoms with Gasteiger partial charge in [0.25, 0.3) is 5.91 Å². The van der Waals surface area contributed by atoms with E-state index in [1.54, 1.807) is 6.92 Å². The average Bonchev–Trinajstić information content (AvgIpc) is 3.12. The number of anilines is 1. The molecular weight excluding hydrogens is 418 g/mol. The molecule has 8 nitrogen and oxygen atoms in total. The number of hydrogen-bond acceptors (Lipinski definition) is 8. The van der Waals surface area contributed by atoms with Crippen LogP contribution in [0.15, 0.2) is 24.4 Å². The number of methoxy groups -OCH3 is 1. The molecule has 3 aromatic rings. The summed E-state index contributed by atoms with van der Waals surface area (Å²) < 4.78 is 20.0. The van der Waals surface area contributed by atoms with Gasteiger partial charge in [-0.2, -0.15) is 0 Å². The van der Waals surface area contributed by atoms with Crippen LogP contribution in [0.4, 0.5) is 9.52 Å². The second-order valence-corrected chi connectivity index (χ2v) is 6.85. The maximum absolute atomic E-state index is 14.8. The van der Waals surface area contributed by atoms with Crippen molar-refractivity contribution < 1.29 is 42.7 Å². The number of nitrogens with zero attached hydrogens (tertiary/aromatic N) is 3. The Kier molecular flexibility index (Phi) is 7.32. The van der Waals surface area contributed by atoms with Crippen LogP contribution in [0.3, 0.4) is 0 Å². The van der Waals surface area contributed by atoms with Crippen LogP contribution >= 0.6 is 22.9 Å². The first-order valence-corrected chi connectivity index (χ1v) is 8.86. The molecule has 0 aliphatic rings. The summed E-state index contributed by atoms with van der Waals surface area (Å²) in [7, 11) is 1.36. The molecule has 3 rings (SSSR count). The number of benzene rings is 1. The fraction of sp³-hybridized carbons (Fsp3) is 0.118. The van der Waals surface area contributed by atoms with E-state index in [-0.39, 0.29) is 56.5 Å². The molecule has 0 fully saturated rings. The van der Waals surface area contributed by atoms with Gasteiger partial charge in [0.05, 0.1) is 23.3 Å². The van der Waals surface area contributed by atoms with Gasteiger partial charge >= 0.3 is 18.9 Å². The van der Waals surface area contributed by atoms with Crippen molar-refractivity contribution in [3.8, 4) is 16.9 Å². The smallest absolute Gasteiger partial charge is 0.542 e. The summed E-state index contributed by atoms with van der Waals surface area (Å²) in [5.41, 5.74) is 0.739. The van der Waals surface area contributed by atoms with E-state index in [1.165, 1.54) is 31.5 Å².